The van der Waals surface area contributed by atoms with Crippen LogP contribution >= 0.6 is 27.5 Å². The third-order valence-electron chi connectivity index (χ3n) is 3.91. The molecule has 0 saturated carbocycles. The van der Waals surface area contributed by atoms with Crippen molar-refractivity contribution < 1.29 is 0 Å². The van der Waals surface area contributed by atoms with E-state index in [4.69, 9.17) is 11.6 Å². The molecular formula is C13H16BrClN2. The van der Waals surface area contributed by atoms with Gasteiger partial charge in [0, 0.05) is 29.3 Å². The molecule has 2 bridgehead atoms. The lowest BCUT2D eigenvalue weighted by atomic mass is 9.94. The highest BCUT2D eigenvalue weighted by atomic mass is 79.9. The molecule has 2 heterocycles. The number of rotatable bonds is 2. The number of nitrogens with one attached hydrogen (secondary N) is 1. The molecule has 2 saturated heterocycles. The normalized spacial score (nSPS) is 31.5. The van der Waals surface area contributed by atoms with Gasteiger partial charge >= 0.3 is 0 Å². The lowest BCUT2D eigenvalue weighted by Crippen LogP contribution is -2.39. The van der Waals surface area contributed by atoms with Gasteiger partial charge in [0.05, 0.1) is 5.02 Å². The molecule has 1 aromatic carbocycles. The van der Waals surface area contributed by atoms with E-state index in [9.17, 15) is 0 Å². The SMILES string of the molecule is Clc1ccc(NC2CCN3CCC2C3)cc1Br. The van der Waals surface area contributed by atoms with Crippen molar-refractivity contribution in [3.8, 4) is 0 Å². The second-order valence-corrected chi connectivity index (χ2v) is 6.28. The van der Waals surface area contributed by atoms with E-state index >= 15 is 0 Å². The van der Waals surface area contributed by atoms with Crippen molar-refractivity contribution in [3.63, 3.8) is 0 Å². The second-order valence-electron chi connectivity index (χ2n) is 5.02. The monoisotopic (exact) mass is 314 g/mol. The van der Waals surface area contributed by atoms with E-state index in [1.54, 1.807) is 0 Å². The van der Waals surface area contributed by atoms with Crippen LogP contribution in [0.5, 0.6) is 0 Å². The summed E-state index contributed by atoms with van der Waals surface area (Å²) in [6.07, 6.45) is 2.59. The highest BCUT2D eigenvalue weighted by Gasteiger charge is 2.33. The van der Waals surface area contributed by atoms with E-state index in [-0.39, 0.29) is 0 Å². The fraction of sp³-hybridized carbons (Fsp3) is 0.538. The zero-order chi connectivity index (χ0) is 11.8. The summed E-state index contributed by atoms with van der Waals surface area (Å²) in [5, 5.41) is 4.43. The van der Waals surface area contributed by atoms with Gasteiger partial charge in [0.15, 0.2) is 0 Å². The molecule has 0 aromatic heterocycles. The Bertz CT molecular complexity index is 424. The average molecular weight is 316 g/mol. The zero-order valence-electron chi connectivity index (χ0n) is 9.63. The minimum atomic E-state index is 0.627. The maximum absolute atomic E-state index is 6.00. The van der Waals surface area contributed by atoms with Crippen molar-refractivity contribution >= 4 is 33.2 Å². The molecule has 0 radical (unpaired) electrons. The van der Waals surface area contributed by atoms with Gasteiger partial charge in [-0.05, 0) is 59.4 Å². The molecule has 1 N–H and O–H groups in total. The van der Waals surface area contributed by atoms with Crippen LogP contribution in [0, 0.1) is 5.92 Å². The van der Waals surface area contributed by atoms with E-state index in [1.807, 2.05) is 6.07 Å². The molecule has 2 nitrogen and oxygen atoms in total. The van der Waals surface area contributed by atoms with E-state index in [0.29, 0.717) is 6.04 Å². The first-order valence-electron chi connectivity index (χ1n) is 6.16. The molecule has 0 spiro atoms. The lowest BCUT2D eigenvalue weighted by Gasteiger charge is -2.31. The Morgan fingerprint density at radius 2 is 2.12 bits per heavy atom. The highest BCUT2D eigenvalue weighted by Crippen LogP contribution is 2.31. The van der Waals surface area contributed by atoms with Crippen molar-refractivity contribution in [2.24, 2.45) is 5.92 Å². The fourth-order valence-corrected chi connectivity index (χ4v) is 3.44. The predicted octanol–water partition coefficient (Wildman–Crippen LogP) is 3.61. The molecule has 0 aliphatic carbocycles. The number of nitrogens with zero attached hydrogens (tertiary/aromatic N) is 1. The standard InChI is InChI=1S/C13H16BrClN2/c14-11-7-10(1-2-12(11)15)16-13-4-6-17-5-3-9(13)8-17/h1-2,7,9,13,16H,3-6,8H2. The predicted molar refractivity (Wildman–Crippen MR) is 75.7 cm³/mol. The smallest absolute Gasteiger partial charge is 0.0549 e. The van der Waals surface area contributed by atoms with Crippen LogP contribution in [0.2, 0.25) is 5.02 Å². The first kappa shape index (κ1) is 11.8. The summed E-state index contributed by atoms with van der Waals surface area (Å²) >= 11 is 9.48. The second kappa shape index (κ2) is 4.79. The quantitative estimate of drug-likeness (QED) is 0.897. The van der Waals surface area contributed by atoms with Crippen molar-refractivity contribution in [2.45, 2.75) is 18.9 Å². The largest absolute Gasteiger partial charge is 0.382 e. The van der Waals surface area contributed by atoms with Crippen LogP contribution in [0.15, 0.2) is 22.7 Å². The summed E-state index contributed by atoms with van der Waals surface area (Å²) in [4.78, 5) is 2.57. The van der Waals surface area contributed by atoms with Gasteiger partial charge in [0.25, 0.3) is 0 Å². The summed E-state index contributed by atoms with van der Waals surface area (Å²) in [5.41, 5.74) is 1.17. The molecule has 2 fully saturated rings. The molecule has 3 unspecified atom stereocenters. The summed E-state index contributed by atoms with van der Waals surface area (Å²) in [6.45, 7) is 3.79. The van der Waals surface area contributed by atoms with E-state index in [2.05, 4.69) is 38.3 Å². The number of halogens is 2. The number of anilines is 1. The first-order valence-corrected chi connectivity index (χ1v) is 7.33. The number of fused-ring (bicyclic) bond motifs is 2. The van der Waals surface area contributed by atoms with Gasteiger partial charge in [-0.1, -0.05) is 11.6 Å². The Morgan fingerprint density at radius 3 is 2.94 bits per heavy atom. The van der Waals surface area contributed by atoms with Crippen LogP contribution in [0.25, 0.3) is 0 Å². The van der Waals surface area contributed by atoms with E-state index in [0.717, 1.165) is 15.4 Å². The number of hydrogen-bond acceptors (Lipinski definition) is 2. The van der Waals surface area contributed by atoms with Crippen LogP contribution in [0.1, 0.15) is 12.8 Å². The lowest BCUT2D eigenvalue weighted by molar-refractivity contribution is 0.255. The molecule has 3 atom stereocenters. The van der Waals surface area contributed by atoms with E-state index in [1.165, 1.54) is 38.2 Å². The van der Waals surface area contributed by atoms with Gasteiger partial charge in [-0.15, -0.1) is 0 Å². The minimum Gasteiger partial charge on any atom is -0.382 e. The van der Waals surface area contributed by atoms with Crippen LogP contribution in [0.4, 0.5) is 5.69 Å². The van der Waals surface area contributed by atoms with Gasteiger partial charge in [0.1, 0.15) is 0 Å². The summed E-state index contributed by atoms with van der Waals surface area (Å²) in [5.74, 6) is 0.818. The molecule has 17 heavy (non-hydrogen) atoms. The van der Waals surface area contributed by atoms with Gasteiger partial charge in [-0.3, -0.25) is 0 Å². The van der Waals surface area contributed by atoms with Crippen LogP contribution in [0.3, 0.4) is 0 Å². The van der Waals surface area contributed by atoms with Gasteiger partial charge in [-0.25, -0.2) is 0 Å². The van der Waals surface area contributed by atoms with Gasteiger partial charge < -0.3 is 10.2 Å². The summed E-state index contributed by atoms with van der Waals surface area (Å²) < 4.78 is 0.966. The molecule has 0 amide bonds. The molecular weight excluding hydrogens is 300 g/mol. The Morgan fingerprint density at radius 1 is 1.29 bits per heavy atom. The highest BCUT2D eigenvalue weighted by molar-refractivity contribution is 9.10. The Balaban J connectivity index is 1.71. The zero-order valence-corrected chi connectivity index (χ0v) is 12.0. The maximum Gasteiger partial charge on any atom is 0.0549 e. The number of hydrogen-bond donors (Lipinski definition) is 1. The Hall–Kier alpha value is -0.250. The third-order valence-corrected chi connectivity index (χ3v) is 5.12. The number of piperidine rings is 1. The molecule has 92 valence electrons. The molecule has 3 rings (SSSR count). The van der Waals surface area contributed by atoms with Crippen molar-refractivity contribution in [3.05, 3.63) is 27.7 Å². The third kappa shape index (κ3) is 2.47. The van der Waals surface area contributed by atoms with Crippen LogP contribution < -0.4 is 5.32 Å². The van der Waals surface area contributed by atoms with Crippen molar-refractivity contribution in [1.29, 1.82) is 0 Å². The average Bonchev–Trinajstić information content (AvgIpc) is 2.71. The van der Waals surface area contributed by atoms with Gasteiger partial charge in [-0.2, -0.15) is 0 Å². The van der Waals surface area contributed by atoms with Gasteiger partial charge in [0.2, 0.25) is 0 Å². The number of benzene rings is 1. The summed E-state index contributed by atoms with van der Waals surface area (Å²) in [6, 6.07) is 6.71. The molecule has 2 aliphatic rings. The van der Waals surface area contributed by atoms with Crippen molar-refractivity contribution in [2.75, 3.05) is 25.0 Å². The Kier molecular flexibility index (Phi) is 3.33. The molecule has 2 aliphatic heterocycles. The summed E-state index contributed by atoms with van der Waals surface area (Å²) in [7, 11) is 0. The first-order chi connectivity index (χ1) is 8.22. The van der Waals surface area contributed by atoms with Crippen LogP contribution in [-0.4, -0.2) is 30.6 Å². The Labute approximate surface area is 115 Å². The maximum atomic E-state index is 6.00. The molecule has 4 heteroatoms. The van der Waals surface area contributed by atoms with Crippen molar-refractivity contribution in [1.82, 2.24) is 4.90 Å². The van der Waals surface area contributed by atoms with E-state index < -0.39 is 0 Å². The fourth-order valence-electron chi connectivity index (χ4n) is 2.94. The molecule has 1 aromatic rings. The minimum absolute atomic E-state index is 0.627. The topological polar surface area (TPSA) is 15.3 Å². The van der Waals surface area contributed by atoms with Crippen LogP contribution in [-0.2, 0) is 0 Å².